The van der Waals surface area contributed by atoms with E-state index >= 15 is 0 Å². The van der Waals surface area contributed by atoms with Gasteiger partial charge in [-0.3, -0.25) is 4.79 Å². The Morgan fingerprint density at radius 1 is 1.40 bits per heavy atom. The number of thioether (sulfide) groups is 1. The van der Waals surface area contributed by atoms with Gasteiger partial charge in [0.05, 0.1) is 0 Å². The molecule has 2 aliphatic heterocycles. The fraction of sp³-hybridized carbons (Fsp3) is 0.857. The second-order valence-corrected chi connectivity index (χ2v) is 7.63. The predicted octanol–water partition coefficient (Wildman–Crippen LogP) is 1.45. The van der Waals surface area contributed by atoms with Crippen LogP contribution in [0.3, 0.4) is 0 Å². The van der Waals surface area contributed by atoms with Crippen molar-refractivity contribution in [2.24, 2.45) is 16.8 Å². The van der Waals surface area contributed by atoms with Crippen LogP contribution in [-0.4, -0.2) is 35.3 Å². The van der Waals surface area contributed by atoms with Gasteiger partial charge in [0.2, 0.25) is 4.93 Å². The van der Waals surface area contributed by atoms with E-state index in [1.807, 2.05) is 0 Å². The van der Waals surface area contributed by atoms with Crippen LogP contribution in [-0.2, 0) is 9.53 Å². The highest BCUT2D eigenvalue weighted by molar-refractivity contribution is 8.15. The first-order chi connectivity index (χ1) is 9.75. The molecule has 0 aromatic rings. The monoisotopic (exact) mass is 295 g/mol. The lowest BCUT2D eigenvalue weighted by Gasteiger charge is -2.38. The van der Waals surface area contributed by atoms with Gasteiger partial charge in [-0.15, -0.1) is 0 Å². The summed E-state index contributed by atoms with van der Waals surface area (Å²) < 4.78 is 5.70. The van der Waals surface area contributed by atoms with Gasteiger partial charge in [0.25, 0.3) is 5.91 Å². The number of nitrogens with zero attached hydrogens (tertiary/aromatic N) is 1. The summed E-state index contributed by atoms with van der Waals surface area (Å²) in [7, 11) is 0. The molecule has 4 atom stereocenters. The van der Waals surface area contributed by atoms with Crippen LogP contribution in [0, 0.1) is 11.8 Å². The van der Waals surface area contributed by atoms with E-state index in [2.05, 4.69) is 15.6 Å². The van der Waals surface area contributed by atoms with Crippen LogP contribution in [0.4, 0.5) is 0 Å². The molecular formula is C14H21N3O2S. The van der Waals surface area contributed by atoms with Crippen LogP contribution >= 0.6 is 11.8 Å². The van der Waals surface area contributed by atoms with Crippen molar-refractivity contribution in [2.75, 3.05) is 13.3 Å². The first kappa shape index (κ1) is 13.0. The van der Waals surface area contributed by atoms with Gasteiger partial charge < -0.3 is 15.4 Å². The molecule has 1 unspecified atom stereocenters. The Balaban J connectivity index is 1.44. The first-order valence-electron chi connectivity index (χ1n) is 7.67. The van der Waals surface area contributed by atoms with E-state index in [0.29, 0.717) is 12.8 Å². The van der Waals surface area contributed by atoms with Gasteiger partial charge >= 0.3 is 0 Å². The third kappa shape index (κ3) is 2.13. The third-order valence-corrected chi connectivity index (χ3v) is 6.41. The van der Waals surface area contributed by atoms with Crippen molar-refractivity contribution in [2.45, 2.75) is 49.5 Å². The molecule has 0 aromatic carbocycles. The number of piperidine rings is 1. The number of carbonyl (C=O) groups is 1. The summed E-state index contributed by atoms with van der Waals surface area (Å²) in [6.07, 6.45) is 7.14. The number of amidine groups is 1. The van der Waals surface area contributed by atoms with Crippen LogP contribution in [0.2, 0.25) is 0 Å². The smallest absolute Gasteiger partial charge is 0.263 e. The number of ether oxygens (including phenoxy) is 1. The van der Waals surface area contributed by atoms with Gasteiger partial charge in [0.15, 0.2) is 5.17 Å². The number of rotatable bonds is 1. The number of hydrogen-bond donors (Lipinski definition) is 2. The highest BCUT2D eigenvalue weighted by Crippen LogP contribution is 2.45. The summed E-state index contributed by atoms with van der Waals surface area (Å²) in [5.41, 5.74) is 0. The zero-order valence-corrected chi connectivity index (χ0v) is 12.4. The van der Waals surface area contributed by atoms with Gasteiger partial charge in [-0.25, -0.2) is 4.99 Å². The Bertz CT molecular complexity index is 456. The van der Waals surface area contributed by atoms with Crippen molar-refractivity contribution in [1.29, 1.82) is 0 Å². The molecular weight excluding hydrogens is 274 g/mol. The van der Waals surface area contributed by atoms with Gasteiger partial charge in [-0.05, 0) is 55.7 Å². The fourth-order valence-corrected chi connectivity index (χ4v) is 5.24. The van der Waals surface area contributed by atoms with E-state index in [1.54, 1.807) is 0 Å². The molecule has 5 nitrogen and oxygen atoms in total. The normalized spacial score (nSPS) is 43.5. The molecule has 1 spiro atoms. The molecule has 4 aliphatic rings. The SMILES string of the molecule is O=C1NCCCC12OCN=C(N[C@H]1C[C@H]3CC[C@@H]1C3)S2. The quantitative estimate of drug-likeness (QED) is 0.768. The summed E-state index contributed by atoms with van der Waals surface area (Å²) in [5, 5.41) is 7.42. The van der Waals surface area contributed by atoms with Crippen molar-refractivity contribution in [1.82, 2.24) is 10.6 Å². The maximum atomic E-state index is 12.1. The Morgan fingerprint density at radius 3 is 3.10 bits per heavy atom. The van der Waals surface area contributed by atoms with Crippen molar-refractivity contribution >= 4 is 22.8 Å². The molecule has 1 saturated heterocycles. The van der Waals surface area contributed by atoms with Gasteiger partial charge in [-0.2, -0.15) is 0 Å². The molecule has 4 rings (SSSR count). The molecule has 110 valence electrons. The molecule has 20 heavy (non-hydrogen) atoms. The lowest BCUT2D eigenvalue weighted by Crippen LogP contribution is -2.54. The summed E-state index contributed by atoms with van der Waals surface area (Å²) in [5.74, 6) is 1.73. The van der Waals surface area contributed by atoms with Crippen LogP contribution in [0.15, 0.2) is 4.99 Å². The molecule has 6 heteroatoms. The molecule has 2 saturated carbocycles. The maximum Gasteiger partial charge on any atom is 0.263 e. The van der Waals surface area contributed by atoms with E-state index in [1.165, 1.54) is 37.4 Å². The van der Waals surface area contributed by atoms with Crippen LogP contribution in [0.25, 0.3) is 0 Å². The minimum atomic E-state index is -0.736. The lowest BCUT2D eigenvalue weighted by atomic mass is 9.96. The average molecular weight is 295 g/mol. The molecule has 2 aliphatic carbocycles. The van der Waals surface area contributed by atoms with E-state index in [0.717, 1.165) is 36.4 Å². The largest absolute Gasteiger partial charge is 0.362 e. The summed E-state index contributed by atoms with van der Waals surface area (Å²) in [6.45, 7) is 1.06. The lowest BCUT2D eigenvalue weighted by molar-refractivity contribution is -0.139. The standard InChI is InChI=1S/C14H21N3O2S/c18-12-14(4-1-5-15-12)19-8-16-13(20-14)17-11-7-9-2-3-10(11)6-9/h9-11H,1-8H2,(H,15,18)(H,16,17)/t9-,10+,11-,14?/m0/s1. The Hall–Kier alpha value is -0.750. The number of hydrogen-bond acceptors (Lipinski definition) is 5. The molecule has 2 N–H and O–H groups in total. The number of nitrogens with one attached hydrogen (secondary N) is 2. The average Bonchev–Trinajstić information content (AvgIpc) is 3.05. The second-order valence-electron chi connectivity index (χ2n) is 6.38. The minimum Gasteiger partial charge on any atom is -0.362 e. The summed E-state index contributed by atoms with van der Waals surface area (Å²) in [4.78, 5) is 15.8. The number of carbonyl (C=O) groups excluding carboxylic acids is 1. The molecule has 3 fully saturated rings. The van der Waals surface area contributed by atoms with Crippen molar-refractivity contribution < 1.29 is 9.53 Å². The zero-order valence-electron chi connectivity index (χ0n) is 11.6. The van der Waals surface area contributed by atoms with E-state index in [9.17, 15) is 4.79 Å². The number of fused-ring (bicyclic) bond motifs is 2. The molecule has 0 radical (unpaired) electrons. The van der Waals surface area contributed by atoms with Gasteiger partial charge in [0.1, 0.15) is 6.73 Å². The van der Waals surface area contributed by atoms with Crippen LogP contribution in [0.5, 0.6) is 0 Å². The molecule has 2 bridgehead atoms. The van der Waals surface area contributed by atoms with Crippen LogP contribution < -0.4 is 10.6 Å². The maximum absolute atomic E-state index is 12.1. The Morgan fingerprint density at radius 2 is 2.35 bits per heavy atom. The highest BCUT2D eigenvalue weighted by Gasteiger charge is 2.47. The topological polar surface area (TPSA) is 62.7 Å². The van der Waals surface area contributed by atoms with Gasteiger partial charge in [-0.1, -0.05) is 6.42 Å². The van der Waals surface area contributed by atoms with Crippen molar-refractivity contribution in [3.8, 4) is 0 Å². The molecule has 2 heterocycles. The summed E-state index contributed by atoms with van der Waals surface area (Å²) >= 11 is 1.48. The first-order valence-corrected chi connectivity index (χ1v) is 8.49. The number of aliphatic imine (C=N–C) groups is 1. The van der Waals surface area contributed by atoms with E-state index < -0.39 is 4.93 Å². The Labute approximate surface area is 123 Å². The third-order valence-electron chi connectivity index (χ3n) is 5.13. The van der Waals surface area contributed by atoms with E-state index in [-0.39, 0.29) is 5.91 Å². The zero-order chi connectivity index (χ0) is 13.6. The fourth-order valence-electron chi connectivity index (χ4n) is 4.07. The van der Waals surface area contributed by atoms with Crippen molar-refractivity contribution in [3.05, 3.63) is 0 Å². The van der Waals surface area contributed by atoms with Gasteiger partial charge in [0, 0.05) is 12.6 Å². The second kappa shape index (κ2) is 4.91. The summed E-state index contributed by atoms with van der Waals surface area (Å²) in [6, 6.07) is 0.557. The van der Waals surface area contributed by atoms with Crippen molar-refractivity contribution in [3.63, 3.8) is 0 Å². The molecule has 0 aromatic heterocycles. The van der Waals surface area contributed by atoms with E-state index in [4.69, 9.17) is 4.74 Å². The van der Waals surface area contributed by atoms with Crippen LogP contribution in [0.1, 0.15) is 38.5 Å². The predicted molar refractivity (Wildman–Crippen MR) is 78.3 cm³/mol. The number of amides is 1. The molecule has 1 amide bonds. The highest BCUT2D eigenvalue weighted by atomic mass is 32.2. The minimum absolute atomic E-state index is 0.0101. The Kier molecular flexibility index (Phi) is 3.18.